The van der Waals surface area contributed by atoms with Crippen LogP contribution in [-0.2, 0) is 4.79 Å². The van der Waals surface area contributed by atoms with Gasteiger partial charge in [0.1, 0.15) is 11.9 Å². The lowest BCUT2D eigenvalue weighted by Crippen LogP contribution is -2.41. The van der Waals surface area contributed by atoms with Crippen molar-refractivity contribution in [1.82, 2.24) is 4.90 Å². The molecule has 1 aliphatic rings. The number of amides is 1. The van der Waals surface area contributed by atoms with Gasteiger partial charge in [-0.25, -0.2) is 0 Å². The van der Waals surface area contributed by atoms with Crippen LogP contribution in [0.15, 0.2) is 40.8 Å². The molecule has 0 saturated carbocycles. The number of nitrogens with zero attached hydrogens (tertiary/aromatic N) is 3. The SMILES string of the molecule is C=CC(=O)N1CCC(Oc2ccc(N=C)c(C=NC)c2)CC1. The molecule has 0 unspecified atom stereocenters. The van der Waals surface area contributed by atoms with Gasteiger partial charge in [-0.05, 0) is 31.0 Å². The molecule has 22 heavy (non-hydrogen) atoms. The first-order valence-electron chi connectivity index (χ1n) is 7.29. The van der Waals surface area contributed by atoms with Gasteiger partial charge in [0, 0.05) is 44.8 Å². The van der Waals surface area contributed by atoms with Gasteiger partial charge in [0.15, 0.2) is 0 Å². The maximum atomic E-state index is 11.6. The fourth-order valence-corrected chi connectivity index (χ4v) is 2.51. The van der Waals surface area contributed by atoms with E-state index in [1.807, 2.05) is 18.2 Å². The van der Waals surface area contributed by atoms with Gasteiger partial charge in [0.25, 0.3) is 0 Å². The Kier molecular flexibility index (Phi) is 5.47. The largest absolute Gasteiger partial charge is 0.490 e. The van der Waals surface area contributed by atoms with Gasteiger partial charge in [-0.1, -0.05) is 6.58 Å². The monoisotopic (exact) mass is 299 g/mol. The minimum Gasteiger partial charge on any atom is -0.490 e. The average Bonchev–Trinajstić information content (AvgIpc) is 2.55. The van der Waals surface area contributed by atoms with Crippen molar-refractivity contribution in [2.75, 3.05) is 20.1 Å². The normalized spacial score (nSPS) is 15.8. The summed E-state index contributed by atoms with van der Waals surface area (Å²) in [7, 11) is 1.72. The maximum Gasteiger partial charge on any atom is 0.245 e. The van der Waals surface area contributed by atoms with Crippen molar-refractivity contribution in [3.05, 3.63) is 36.4 Å². The zero-order valence-corrected chi connectivity index (χ0v) is 12.9. The number of carbonyl (C=O) groups excluding carboxylic acids is 1. The summed E-state index contributed by atoms with van der Waals surface area (Å²) in [6.07, 6.45) is 4.85. The zero-order valence-electron chi connectivity index (χ0n) is 12.9. The highest BCUT2D eigenvalue weighted by Gasteiger charge is 2.22. The summed E-state index contributed by atoms with van der Waals surface area (Å²) in [5, 5.41) is 0. The van der Waals surface area contributed by atoms with E-state index in [0.29, 0.717) is 13.1 Å². The van der Waals surface area contributed by atoms with Crippen molar-refractivity contribution < 1.29 is 9.53 Å². The number of carbonyl (C=O) groups is 1. The van der Waals surface area contributed by atoms with E-state index in [1.165, 1.54) is 6.08 Å². The predicted molar refractivity (Wildman–Crippen MR) is 89.6 cm³/mol. The summed E-state index contributed by atoms with van der Waals surface area (Å²) in [6, 6.07) is 5.67. The van der Waals surface area contributed by atoms with Crippen molar-refractivity contribution in [3.63, 3.8) is 0 Å². The number of hydrogen-bond donors (Lipinski definition) is 0. The molecule has 1 aromatic rings. The van der Waals surface area contributed by atoms with Crippen molar-refractivity contribution in [2.45, 2.75) is 18.9 Å². The van der Waals surface area contributed by atoms with Gasteiger partial charge in [-0.15, -0.1) is 0 Å². The molecule has 5 nitrogen and oxygen atoms in total. The number of piperidine rings is 1. The third-order valence-electron chi connectivity index (χ3n) is 3.67. The summed E-state index contributed by atoms with van der Waals surface area (Å²) < 4.78 is 6.02. The second-order valence-electron chi connectivity index (χ2n) is 5.11. The number of aliphatic imine (C=N–C) groups is 2. The lowest BCUT2D eigenvalue weighted by Gasteiger charge is -2.31. The molecule has 5 heteroatoms. The summed E-state index contributed by atoms with van der Waals surface area (Å²) in [5.41, 5.74) is 1.67. The average molecular weight is 299 g/mol. The molecule has 1 amide bonds. The number of benzene rings is 1. The molecular weight excluding hydrogens is 278 g/mol. The highest BCUT2D eigenvalue weighted by atomic mass is 16.5. The second-order valence-corrected chi connectivity index (χ2v) is 5.11. The first-order valence-corrected chi connectivity index (χ1v) is 7.29. The van der Waals surface area contributed by atoms with E-state index in [-0.39, 0.29) is 12.0 Å². The van der Waals surface area contributed by atoms with E-state index in [2.05, 4.69) is 23.3 Å². The van der Waals surface area contributed by atoms with Crippen LogP contribution in [0.2, 0.25) is 0 Å². The topological polar surface area (TPSA) is 54.3 Å². The molecule has 116 valence electrons. The minimum absolute atomic E-state index is 0.0127. The second kappa shape index (κ2) is 7.54. The van der Waals surface area contributed by atoms with Crippen LogP contribution >= 0.6 is 0 Å². The molecule has 0 atom stereocenters. The molecule has 0 N–H and O–H groups in total. The third kappa shape index (κ3) is 3.81. The van der Waals surface area contributed by atoms with E-state index >= 15 is 0 Å². The van der Waals surface area contributed by atoms with Gasteiger partial charge < -0.3 is 9.64 Å². The Labute approximate surface area is 131 Å². The molecule has 0 spiro atoms. The fourth-order valence-electron chi connectivity index (χ4n) is 2.51. The summed E-state index contributed by atoms with van der Waals surface area (Å²) in [4.78, 5) is 21.3. The van der Waals surface area contributed by atoms with E-state index in [9.17, 15) is 4.79 Å². The summed E-state index contributed by atoms with van der Waals surface area (Å²) >= 11 is 0. The molecule has 1 saturated heterocycles. The Hall–Kier alpha value is -2.43. The molecule has 0 aromatic heterocycles. The van der Waals surface area contributed by atoms with Crippen LogP contribution in [-0.4, -0.2) is 50.0 Å². The predicted octanol–water partition coefficient (Wildman–Crippen LogP) is 2.62. The van der Waals surface area contributed by atoms with Gasteiger partial charge >= 0.3 is 0 Å². The zero-order chi connectivity index (χ0) is 15.9. The van der Waals surface area contributed by atoms with Gasteiger partial charge in [0.2, 0.25) is 5.91 Å². The van der Waals surface area contributed by atoms with Crippen molar-refractivity contribution in [3.8, 4) is 5.75 Å². The quantitative estimate of drug-likeness (QED) is 0.620. The fraction of sp³-hybridized carbons (Fsp3) is 0.353. The van der Waals surface area contributed by atoms with E-state index in [1.54, 1.807) is 18.2 Å². The Balaban J connectivity index is 2.00. The first-order chi connectivity index (χ1) is 10.7. The molecule has 2 rings (SSSR count). The molecule has 1 heterocycles. The van der Waals surface area contributed by atoms with Gasteiger partial charge in [0.05, 0.1) is 5.69 Å². The highest BCUT2D eigenvalue weighted by Crippen LogP contribution is 2.25. The van der Waals surface area contributed by atoms with Crippen molar-refractivity contribution in [1.29, 1.82) is 0 Å². The van der Waals surface area contributed by atoms with Crippen LogP contribution in [0, 0.1) is 0 Å². The molecule has 0 aliphatic carbocycles. The molecular formula is C17H21N3O2. The highest BCUT2D eigenvalue weighted by molar-refractivity contribution is 5.88. The van der Waals surface area contributed by atoms with Crippen molar-refractivity contribution in [2.24, 2.45) is 9.98 Å². The lowest BCUT2D eigenvalue weighted by atomic mass is 10.1. The molecule has 0 bridgehead atoms. The Morgan fingerprint density at radius 2 is 2.14 bits per heavy atom. The van der Waals surface area contributed by atoms with Crippen LogP contribution < -0.4 is 4.74 Å². The standard InChI is InChI=1S/C17H21N3O2/c1-4-17(21)20-9-7-14(8-10-20)22-15-5-6-16(19-3)13(11-15)12-18-2/h4-6,11-12,14H,1,3,7-10H2,2H3. The van der Waals surface area contributed by atoms with E-state index < -0.39 is 0 Å². The molecule has 0 radical (unpaired) electrons. The Bertz CT molecular complexity index is 588. The van der Waals surface area contributed by atoms with Crippen LogP contribution in [0.1, 0.15) is 18.4 Å². The minimum atomic E-state index is -0.0127. The number of hydrogen-bond acceptors (Lipinski definition) is 4. The smallest absolute Gasteiger partial charge is 0.245 e. The van der Waals surface area contributed by atoms with Crippen LogP contribution in [0.4, 0.5) is 5.69 Å². The number of rotatable bonds is 5. The number of ether oxygens (including phenoxy) is 1. The van der Waals surface area contributed by atoms with Crippen LogP contribution in [0.3, 0.4) is 0 Å². The van der Waals surface area contributed by atoms with E-state index in [4.69, 9.17) is 4.74 Å². The molecule has 1 aromatic carbocycles. The molecule has 1 fully saturated rings. The van der Waals surface area contributed by atoms with Gasteiger partial charge in [-0.2, -0.15) is 0 Å². The molecule has 1 aliphatic heterocycles. The van der Waals surface area contributed by atoms with Crippen molar-refractivity contribution >= 4 is 24.5 Å². The summed E-state index contributed by atoms with van der Waals surface area (Å²) in [6.45, 7) is 8.47. The third-order valence-corrected chi connectivity index (χ3v) is 3.67. The first kappa shape index (κ1) is 15.9. The Morgan fingerprint density at radius 1 is 1.41 bits per heavy atom. The number of likely N-dealkylation sites (tertiary alicyclic amines) is 1. The van der Waals surface area contributed by atoms with Gasteiger partial charge in [-0.3, -0.25) is 14.8 Å². The lowest BCUT2D eigenvalue weighted by molar-refractivity contribution is -0.127. The van der Waals surface area contributed by atoms with Crippen LogP contribution in [0.25, 0.3) is 0 Å². The maximum absolute atomic E-state index is 11.6. The van der Waals surface area contributed by atoms with Crippen LogP contribution in [0.5, 0.6) is 5.75 Å². The van der Waals surface area contributed by atoms with E-state index in [0.717, 1.165) is 29.8 Å². The summed E-state index contributed by atoms with van der Waals surface area (Å²) in [5.74, 6) is 0.775. The Morgan fingerprint density at radius 3 is 2.73 bits per heavy atom.